The molecule has 0 spiro atoms. The Balaban J connectivity index is 2.96. The summed E-state index contributed by atoms with van der Waals surface area (Å²) in [4.78, 5) is 14.3. The second-order valence-electron chi connectivity index (χ2n) is 2.28. The van der Waals surface area contributed by atoms with Crippen molar-refractivity contribution in [2.75, 3.05) is 6.61 Å². The molecule has 0 atom stereocenters. The average molecular weight is 212 g/mol. The minimum atomic E-state index is -1.21. The van der Waals surface area contributed by atoms with Crippen molar-refractivity contribution in [1.29, 1.82) is 0 Å². The first-order valence-corrected chi connectivity index (χ1v) is 3.99. The number of halogens is 1. The van der Waals surface area contributed by atoms with E-state index in [4.69, 9.17) is 27.9 Å². The van der Waals surface area contributed by atoms with Gasteiger partial charge in [0.15, 0.2) is 12.3 Å². The van der Waals surface area contributed by atoms with E-state index in [1.807, 2.05) is 0 Å². The van der Waals surface area contributed by atoms with Crippen LogP contribution in [0.15, 0.2) is 12.1 Å². The van der Waals surface area contributed by atoms with E-state index >= 15 is 0 Å². The number of carboxylic acids is 1. The van der Waals surface area contributed by atoms with E-state index in [9.17, 15) is 4.79 Å². The molecule has 0 aliphatic rings. The standard InChI is InChI=1S/C9H6ClNO3/c1-2-5-14-7-4-3-6(10)8(11-7)9(12)13/h1,3-4H,5H2,(H,12,13). The van der Waals surface area contributed by atoms with Crippen LogP contribution >= 0.6 is 11.6 Å². The van der Waals surface area contributed by atoms with E-state index in [2.05, 4.69) is 10.9 Å². The molecule has 1 rings (SSSR count). The van der Waals surface area contributed by atoms with Crippen molar-refractivity contribution in [2.24, 2.45) is 0 Å². The predicted octanol–water partition coefficient (Wildman–Crippen LogP) is 1.45. The second kappa shape index (κ2) is 4.49. The monoisotopic (exact) mass is 211 g/mol. The van der Waals surface area contributed by atoms with Gasteiger partial charge in [0, 0.05) is 6.07 Å². The number of pyridine rings is 1. The van der Waals surface area contributed by atoms with E-state index in [0.29, 0.717) is 0 Å². The highest BCUT2D eigenvalue weighted by Gasteiger charge is 2.11. The number of aromatic carboxylic acids is 1. The summed E-state index contributed by atoms with van der Waals surface area (Å²) in [6, 6.07) is 2.84. The summed E-state index contributed by atoms with van der Waals surface area (Å²) in [5.74, 6) is 1.17. The van der Waals surface area contributed by atoms with Crippen LogP contribution in [-0.4, -0.2) is 22.7 Å². The molecular formula is C9H6ClNO3. The van der Waals surface area contributed by atoms with Crippen LogP contribution in [0, 0.1) is 12.3 Å². The number of rotatable bonds is 3. The quantitative estimate of drug-likeness (QED) is 0.769. The fraction of sp³-hybridized carbons (Fsp3) is 0.111. The molecule has 14 heavy (non-hydrogen) atoms. The summed E-state index contributed by atoms with van der Waals surface area (Å²) in [5, 5.41) is 8.73. The Morgan fingerprint density at radius 3 is 3.00 bits per heavy atom. The zero-order valence-corrected chi connectivity index (χ0v) is 7.78. The van der Waals surface area contributed by atoms with Gasteiger partial charge in [-0.2, -0.15) is 0 Å². The number of aromatic nitrogens is 1. The van der Waals surface area contributed by atoms with Crippen LogP contribution < -0.4 is 4.74 Å². The Labute approximate surface area is 85.5 Å². The van der Waals surface area contributed by atoms with Crippen molar-refractivity contribution in [2.45, 2.75) is 0 Å². The molecule has 5 heteroatoms. The third kappa shape index (κ3) is 2.38. The van der Waals surface area contributed by atoms with Crippen molar-refractivity contribution < 1.29 is 14.6 Å². The first-order valence-electron chi connectivity index (χ1n) is 3.61. The van der Waals surface area contributed by atoms with Crippen molar-refractivity contribution >= 4 is 17.6 Å². The molecular weight excluding hydrogens is 206 g/mol. The summed E-state index contributed by atoms with van der Waals surface area (Å²) < 4.78 is 4.93. The number of carboxylic acid groups (broad SMARTS) is 1. The maximum Gasteiger partial charge on any atom is 0.356 e. The van der Waals surface area contributed by atoms with E-state index in [0.717, 1.165) is 0 Å². The predicted molar refractivity (Wildman–Crippen MR) is 50.5 cm³/mol. The maximum absolute atomic E-state index is 10.6. The van der Waals surface area contributed by atoms with Crippen LogP contribution in [0.3, 0.4) is 0 Å². The highest BCUT2D eigenvalue weighted by molar-refractivity contribution is 6.33. The van der Waals surface area contributed by atoms with Crippen LogP contribution in [0.4, 0.5) is 0 Å². The molecule has 0 aromatic carbocycles. The van der Waals surface area contributed by atoms with Crippen LogP contribution in [0.5, 0.6) is 5.88 Å². The van der Waals surface area contributed by atoms with E-state index in [-0.39, 0.29) is 23.2 Å². The molecule has 72 valence electrons. The van der Waals surface area contributed by atoms with Gasteiger partial charge in [0.2, 0.25) is 5.88 Å². The summed E-state index contributed by atoms with van der Waals surface area (Å²) in [5.41, 5.74) is -0.249. The fourth-order valence-corrected chi connectivity index (χ4v) is 0.956. The molecule has 0 fully saturated rings. The molecule has 0 saturated heterocycles. The molecule has 1 aromatic heterocycles. The SMILES string of the molecule is C#CCOc1ccc(Cl)c(C(=O)O)n1. The lowest BCUT2D eigenvalue weighted by atomic mass is 10.3. The Morgan fingerprint density at radius 2 is 2.43 bits per heavy atom. The molecule has 0 bridgehead atoms. The van der Waals surface area contributed by atoms with Gasteiger partial charge in [0.05, 0.1) is 5.02 Å². The molecule has 4 nitrogen and oxygen atoms in total. The summed E-state index contributed by atoms with van der Waals surface area (Å²) >= 11 is 5.59. The largest absolute Gasteiger partial charge is 0.476 e. The maximum atomic E-state index is 10.6. The molecule has 0 aliphatic heterocycles. The van der Waals surface area contributed by atoms with E-state index in [1.54, 1.807) is 0 Å². The van der Waals surface area contributed by atoms with Crippen molar-refractivity contribution in [3.05, 3.63) is 22.8 Å². The van der Waals surface area contributed by atoms with Gasteiger partial charge in [-0.1, -0.05) is 17.5 Å². The molecule has 0 saturated carbocycles. The lowest BCUT2D eigenvalue weighted by Gasteiger charge is -2.02. The highest BCUT2D eigenvalue weighted by Crippen LogP contribution is 2.17. The van der Waals surface area contributed by atoms with Gasteiger partial charge in [0.25, 0.3) is 0 Å². The number of hydrogen-bond acceptors (Lipinski definition) is 3. The van der Waals surface area contributed by atoms with E-state index in [1.165, 1.54) is 12.1 Å². The van der Waals surface area contributed by atoms with Gasteiger partial charge in [-0.15, -0.1) is 6.42 Å². The van der Waals surface area contributed by atoms with Crippen LogP contribution in [0.25, 0.3) is 0 Å². The van der Waals surface area contributed by atoms with Crippen molar-refractivity contribution in [3.63, 3.8) is 0 Å². The van der Waals surface area contributed by atoms with Crippen LogP contribution in [0.2, 0.25) is 5.02 Å². The second-order valence-corrected chi connectivity index (χ2v) is 2.69. The highest BCUT2D eigenvalue weighted by atomic mass is 35.5. The van der Waals surface area contributed by atoms with Gasteiger partial charge in [-0.25, -0.2) is 9.78 Å². The molecule has 1 aromatic rings. The normalized spacial score (nSPS) is 9.14. The Bertz CT molecular complexity index is 398. The number of hydrogen-bond donors (Lipinski definition) is 1. The van der Waals surface area contributed by atoms with Gasteiger partial charge in [-0.05, 0) is 6.07 Å². The number of nitrogens with zero attached hydrogens (tertiary/aromatic N) is 1. The zero-order chi connectivity index (χ0) is 10.6. The molecule has 0 aliphatic carbocycles. The van der Waals surface area contributed by atoms with Crippen molar-refractivity contribution in [1.82, 2.24) is 4.98 Å². The summed E-state index contributed by atoms with van der Waals surface area (Å²) in [7, 11) is 0. The molecule has 0 radical (unpaired) electrons. The molecule has 1 N–H and O–H groups in total. The lowest BCUT2D eigenvalue weighted by Crippen LogP contribution is -2.04. The lowest BCUT2D eigenvalue weighted by molar-refractivity contribution is 0.0689. The smallest absolute Gasteiger partial charge is 0.356 e. The first-order chi connectivity index (χ1) is 6.65. The van der Waals surface area contributed by atoms with Gasteiger partial charge in [-0.3, -0.25) is 0 Å². The van der Waals surface area contributed by atoms with Crippen molar-refractivity contribution in [3.8, 4) is 18.2 Å². The van der Waals surface area contributed by atoms with Gasteiger partial charge in [0.1, 0.15) is 0 Å². The Kier molecular flexibility index (Phi) is 3.32. The van der Waals surface area contributed by atoms with Gasteiger partial charge >= 0.3 is 5.97 Å². The molecule has 0 unspecified atom stereocenters. The first kappa shape index (κ1) is 10.4. The van der Waals surface area contributed by atoms with Crippen LogP contribution in [0.1, 0.15) is 10.5 Å². The summed E-state index contributed by atoms with van der Waals surface area (Å²) in [6.45, 7) is 0.0354. The Hall–Kier alpha value is -1.73. The summed E-state index contributed by atoms with van der Waals surface area (Å²) in [6.07, 6.45) is 4.96. The topological polar surface area (TPSA) is 59.4 Å². The minimum Gasteiger partial charge on any atom is -0.476 e. The third-order valence-electron chi connectivity index (χ3n) is 1.33. The van der Waals surface area contributed by atoms with Gasteiger partial charge < -0.3 is 9.84 Å². The van der Waals surface area contributed by atoms with Crippen LogP contribution in [-0.2, 0) is 0 Å². The number of ether oxygens (including phenoxy) is 1. The molecule has 1 heterocycles. The third-order valence-corrected chi connectivity index (χ3v) is 1.63. The number of carbonyl (C=O) groups is 1. The molecule has 0 amide bonds. The Morgan fingerprint density at radius 1 is 1.71 bits per heavy atom. The van der Waals surface area contributed by atoms with E-state index < -0.39 is 5.97 Å². The number of terminal acetylenes is 1. The average Bonchev–Trinajstić information content (AvgIpc) is 2.16. The fourth-order valence-electron chi connectivity index (χ4n) is 0.770. The minimum absolute atomic E-state index is 0.0354. The zero-order valence-electron chi connectivity index (χ0n) is 7.03.